The Morgan fingerprint density at radius 3 is 2.69 bits per heavy atom. The van der Waals surface area contributed by atoms with E-state index in [0.29, 0.717) is 6.54 Å². The molecule has 0 aliphatic carbocycles. The molecule has 0 bridgehead atoms. The van der Waals surface area contributed by atoms with Crippen molar-refractivity contribution in [3.05, 3.63) is 42.5 Å². The highest BCUT2D eigenvalue weighted by molar-refractivity contribution is 5.79. The van der Waals surface area contributed by atoms with Crippen molar-refractivity contribution in [1.82, 2.24) is 30.3 Å². The smallest absolute Gasteiger partial charge is 0.191 e. The summed E-state index contributed by atoms with van der Waals surface area (Å²) in [6.07, 6.45) is 4.26. The van der Waals surface area contributed by atoms with Crippen LogP contribution in [0, 0.1) is 0 Å². The molecule has 0 unspecified atom stereocenters. The van der Waals surface area contributed by atoms with Crippen molar-refractivity contribution >= 4 is 5.96 Å². The molecule has 2 rings (SSSR count). The fraction of sp³-hybridized carbons (Fsp3) is 0.500. The van der Waals surface area contributed by atoms with Gasteiger partial charge in [0.2, 0.25) is 0 Å². The summed E-state index contributed by atoms with van der Waals surface area (Å²) in [5.41, 5.74) is 2.17. The summed E-state index contributed by atoms with van der Waals surface area (Å²) < 4.78 is 6.81. The van der Waals surface area contributed by atoms with E-state index in [4.69, 9.17) is 4.74 Å². The minimum atomic E-state index is 0.709. The number of methoxy groups -OCH3 is 1. The van der Waals surface area contributed by atoms with Gasteiger partial charge in [0, 0.05) is 46.9 Å². The Labute approximate surface area is 155 Å². The summed E-state index contributed by atoms with van der Waals surface area (Å²) in [5.74, 6) is 0.802. The highest BCUT2D eigenvalue weighted by Gasteiger charge is 2.02. The molecule has 26 heavy (non-hydrogen) atoms. The molecule has 0 atom stereocenters. The number of hydrogen-bond donors (Lipinski definition) is 2. The summed E-state index contributed by atoms with van der Waals surface area (Å²) in [7, 11) is 5.63. The third kappa shape index (κ3) is 6.81. The number of guanidine groups is 1. The average molecular weight is 359 g/mol. The minimum absolute atomic E-state index is 0.709. The quantitative estimate of drug-likeness (QED) is 0.373. The third-order valence-electron chi connectivity index (χ3n) is 3.98. The van der Waals surface area contributed by atoms with E-state index in [2.05, 4.69) is 49.8 Å². The number of hydrogen-bond acceptors (Lipinski definition) is 5. The predicted octanol–water partition coefficient (Wildman–Crippen LogP) is 0.901. The van der Waals surface area contributed by atoms with Crippen LogP contribution >= 0.6 is 0 Å². The Bertz CT molecular complexity index is 640. The van der Waals surface area contributed by atoms with Gasteiger partial charge in [-0.3, -0.25) is 4.99 Å². The molecule has 0 radical (unpaired) electrons. The molecule has 0 fully saturated rings. The van der Waals surface area contributed by atoms with Crippen LogP contribution in [0.25, 0.3) is 5.69 Å². The summed E-state index contributed by atoms with van der Waals surface area (Å²) in [5, 5.41) is 10.8. The van der Waals surface area contributed by atoms with E-state index in [1.54, 1.807) is 25.2 Å². The van der Waals surface area contributed by atoms with Gasteiger partial charge in [-0.25, -0.2) is 9.67 Å². The third-order valence-corrected chi connectivity index (χ3v) is 3.98. The van der Waals surface area contributed by atoms with Crippen molar-refractivity contribution < 1.29 is 4.74 Å². The standard InChI is InChI=1S/C18H29N7O/c1-19-18(21-9-11-24(2)10-4-12-26-3)22-13-16-5-7-17(8-6-16)25-15-20-14-23-25/h5-8,14-15H,4,9-13H2,1-3H3,(H2,19,21,22). The van der Waals surface area contributed by atoms with Gasteiger partial charge in [0.1, 0.15) is 12.7 Å². The van der Waals surface area contributed by atoms with E-state index in [1.165, 1.54) is 11.9 Å². The Hall–Kier alpha value is -2.45. The van der Waals surface area contributed by atoms with Crippen LogP contribution in [-0.4, -0.2) is 73.1 Å². The van der Waals surface area contributed by atoms with Gasteiger partial charge in [0.25, 0.3) is 0 Å². The maximum Gasteiger partial charge on any atom is 0.191 e. The molecule has 8 nitrogen and oxygen atoms in total. The molecule has 1 aromatic heterocycles. The molecule has 0 saturated heterocycles. The van der Waals surface area contributed by atoms with Gasteiger partial charge >= 0.3 is 0 Å². The van der Waals surface area contributed by atoms with Crippen LogP contribution in [0.15, 0.2) is 41.9 Å². The topological polar surface area (TPSA) is 79.6 Å². The van der Waals surface area contributed by atoms with E-state index in [-0.39, 0.29) is 0 Å². The van der Waals surface area contributed by atoms with E-state index in [0.717, 1.165) is 44.3 Å². The Kier molecular flexibility index (Phi) is 8.57. The van der Waals surface area contributed by atoms with E-state index in [9.17, 15) is 0 Å². The fourth-order valence-corrected chi connectivity index (χ4v) is 2.47. The molecule has 0 amide bonds. The molecular weight excluding hydrogens is 330 g/mol. The van der Waals surface area contributed by atoms with Gasteiger partial charge in [-0.2, -0.15) is 5.10 Å². The number of nitrogens with one attached hydrogen (secondary N) is 2. The Balaban J connectivity index is 1.70. The average Bonchev–Trinajstić information content (AvgIpc) is 3.20. The molecule has 8 heteroatoms. The van der Waals surface area contributed by atoms with Gasteiger partial charge in [0.05, 0.1) is 5.69 Å². The van der Waals surface area contributed by atoms with Crippen molar-refractivity contribution in [3.63, 3.8) is 0 Å². The number of ether oxygens (including phenoxy) is 1. The van der Waals surface area contributed by atoms with Crippen LogP contribution in [0.3, 0.4) is 0 Å². The lowest BCUT2D eigenvalue weighted by atomic mass is 10.2. The molecular formula is C18H29N7O. The summed E-state index contributed by atoms with van der Waals surface area (Å²) >= 11 is 0. The molecule has 0 aliphatic rings. The van der Waals surface area contributed by atoms with Crippen LogP contribution in [-0.2, 0) is 11.3 Å². The Morgan fingerprint density at radius 2 is 2.04 bits per heavy atom. The maximum absolute atomic E-state index is 5.08. The molecule has 2 aromatic rings. The molecule has 1 heterocycles. The second-order valence-corrected chi connectivity index (χ2v) is 6.01. The van der Waals surface area contributed by atoms with Crippen LogP contribution in [0.5, 0.6) is 0 Å². The van der Waals surface area contributed by atoms with Crippen LogP contribution in [0.4, 0.5) is 0 Å². The molecule has 0 aliphatic heterocycles. The lowest BCUT2D eigenvalue weighted by Crippen LogP contribution is -2.40. The SMILES string of the molecule is CN=C(NCCN(C)CCCOC)NCc1ccc(-n2cncn2)cc1. The number of rotatable bonds is 10. The molecule has 2 N–H and O–H groups in total. The fourth-order valence-electron chi connectivity index (χ4n) is 2.47. The first kappa shape index (κ1) is 19.9. The maximum atomic E-state index is 5.08. The predicted molar refractivity (Wildman–Crippen MR) is 104 cm³/mol. The highest BCUT2D eigenvalue weighted by atomic mass is 16.5. The summed E-state index contributed by atoms with van der Waals surface area (Å²) in [6.45, 7) is 4.34. The van der Waals surface area contributed by atoms with E-state index >= 15 is 0 Å². The first-order chi connectivity index (χ1) is 12.7. The monoisotopic (exact) mass is 359 g/mol. The van der Waals surface area contributed by atoms with Gasteiger partial charge in [-0.05, 0) is 31.2 Å². The van der Waals surface area contributed by atoms with Gasteiger partial charge in [-0.15, -0.1) is 0 Å². The number of nitrogens with zero attached hydrogens (tertiary/aromatic N) is 5. The van der Waals surface area contributed by atoms with Crippen molar-refractivity contribution in [1.29, 1.82) is 0 Å². The minimum Gasteiger partial charge on any atom is -0.385 e. The lowest BCUT2D eigenvalue weighted by Gasteiger charge is -2.18. The first-order valence-electron chi connectivity index (χ1n) is 8.79. The van der Waals surface area contributed by atoms with Crippen molar-refractivity contribution in [3.8, 4) is 5.69 Å². The van der Waals surface area contributed by atoms with Crippen LogP contribution < -0.4 is 10.6 Å². The van der Waals surface area contributed by atoms with Gasteiger partial charge < -0.3 is 20.3 Å². The highest BCUT2D eigenvalue weighted by Crippen LogP contribution is 2.07. The van der Waals surface area contributed by atoms with Crippen LogP contribution in [0.2, 0.25) is 0 Å². The van der Waals surface area contributed by atoms with Crippen molar-refractivity contribution in [2.24, 2.45) is 4.99 Å². The number of benzene rings is 1. The molecule has 142 valence electrons. The zero-order valence-electron chi connectivity index (χ0n) is 15.9. The zero-order valence-corrected chi connectivity index (χ0v) is 15.9. The summed E-state index contributed by atoms with van der Waals surface area (Å²) in [4.78, 5) is 10.5. The zero-order chi connectivity index (χ0) is 18.6. The number of aromatic nitrogens is 3. The molecule has 0 saturated carbocycles. The van der Waals surface area contributed by atoms with Crippen LogP contribution in [0.1, 0.15) is 12.0 Å². The van der Waals surface area contributed by atoms with E-state index in [1.807, 2.05) is 12.1 Å². The second kappa shape index (κ2) is 11.2. The lowest BCUT2D eigenvalue weighted by molar-refractivity contribution is 0.180. The first-order valence-corrected chi connectivity index (χ1v) is 8.79. The molecule has 0 spiro atoms. The normalized spacial score (nSPS) is 11.8. The number of likely N-dealkylation sites (N-methyl/N-ethyl adjacent to an activating group) is 1. The largest absolute Gasteiger partial charge is 0.385 e. The molecule has 1 aromatic carbocycles. The Morgan fingerprint density at radius 1 is 1.23 bits per heavy atom. The van der Waals surface area contributed by atoms with Gasteiger partial charge in [-0.1, -0.05) is 12.1 Å². The second-order valence-electron chi connectivity index (χ2n) is 6.01. The van der Waals surface area contributed by atoms with Crippen molar-refractivity contribution in [2.45, 2.75) is 13.0 Å². The van der Waals surface area contributed by atoms with E-state index < -0.39 is 0 Å². The number of aliphatic imine (C=N–C) groups is 1. The van der Waals surface area contributed by atoms with Gasteiger partial charge in [0.15, 0.2) is 5.96 Å². The summed E-state index contributed by atoms with van der Waals surface area (Å²) in [6, 6.07) is 8.19. The van der Waals surface area contributed by atoms with Crippen molar-refractivity contribution in [2.75, 3.05) is 47.4 Å².